The van der Waals surface area contributed by atoms with Crippen molar-refractivity contribution in [2.45, 2.75) is 43.2 Å². The van der Waals surface area contributed by atoms with Crippen LogP contribution in [-0.2, 0) is 32.1 Å². The van der Waals surface area contributed by atoms with E-state index in [-0.39, 0.29) is 30.9 Å². The second-order valence-electron chi connectivity index (χ2n) is 12.9. The lowest BCUT2D eigenvalue weighted by Crippen LogP contribution is -2.59. The number of benzene rings is 3. The molecule has 1 N–H and O–H groups in total. The van der Waals surface area contributed by atoms with Gasteiger partial charge >= 0.3 is 0 Å². The Hall–Kier alpha value is -4.73. The summed E-state index contributed by atoms with van der Waals surface area (Å²) in [6, 6.07) is 24.7. The number of ether oxygens (including phenoxy) is 2. The zero-order chi connectivity index (χ0) is 32.8. The maximum Gasteiger partial charge on any atom is 0.253 e. The van der Waals surface area contributed by atoms with E-state index in [1.807, 2.05) is 104 Å². The number of hydrogen-bond donors (Lipinski definition) is 1. The van der Waals surface area contributed by atoms with Gasteiger partial charge in [-0.2, -0.15) is 0 Å². The third-order valence-electron chi connectivity index (χ3n) is 10.1. The van der Waals surface area contributed by atoms with Crippen LogP contribution < -0.4 is 9.64 Å². The fourth-order valence-corrected chi connectivity index (χ4v) is 7.98. The van der Waals surface area contributed by atoms with Crippen LogP contribution in [0.15, 0.2) is 109 Å². The molecule has 0 bridgehead atoms. The Morgan fingerprint density at radius 2 is 1.49 bits per heavy atom. The van der Waals surface area contributed by atoms with Gasteiger partial charge in [0.1, 0.15) is 17.4 Å². The van der Waals surface area contributed by atoms with Crippen LogP contribution in [-0.4, -0.2) is 82.7 Å². The molecular formula is C38H39N3O6. The van der Waals surface area contributed by atoms with Gasteiger partial charge in [-0.05, 0) is 48.7 Å². The lowest BCUT2D eigenvalue weighted by molar-refractivity contribution is -0.151. The molecule has 47 heavy (non-hydrogen) atoms. The first kappa shape index (κ1) is 30.9. The largest absolute Gasteiger partial charge is 0.497 e. The molecule has 3 aromatic rings. The molecule has 0 radical (unpaired) electrons. The second kappa shape index (κ2) is 12.1. The van der Waals surface area contributed by atoms with Crippen molar-refractivity contribution in [2.24, 2.45) is 11.8 Å². The lowest BCUT2D eigenvalue weighted by Gasteiger charge is -2.40. The number of aliphatic hydroxyl groups excluding tert-OH is 1. The van der Waals surface area contributed by atoms with Crippen LogP contribution in [0.4, 0.5) is 5.69 Å². The van der Waals surface area contributed by atoms with Crippen molar-refractivity contribution in [1.82, 2.24) is 9.80 Å². The van der Waals surface area contributed by atoms with Crippen molar-refractivity contribution in [1.29, 1.82) is 0 Å². The number of aliphatic hydroxyl groups is 1. The molecule has 0 aromatic heterocycles. The molecular weight excluding hydrogens is 594 g/mol. The van der Waals surface area contributed by atoms with Gasteiger partial charge in [0.2, 0.25) is 11.8 Å². The van der Waals surface area contributed by atoms with Crippen LogP contribution in [0.5, 0.6) is 5.75 Å². The standard InChI is InChI=1S/C38H39N3O6/c1-37-19-9-21-39(24-27-13-7-4-8-14-27)34(43)31(37)32-35(44)41(29(25-42)23-26-11-5-3-6-12-26)33-36(45)40(22-10-20-38(32,33)47-37)28-15-17-30(46-2)18-16-28/h3-20,29,31-33,42H,21-25H2,1-2H3/t29-,31-,32+,33?,37+,38+/m1/s1. The van der Waals surface area contributed by atoms with Crippen LogP contribution in [0.1, 0.15) is 18.1 Å². The quantitative estimate of drug-likeness (QED) is 0.380. The molecule has 4 heterocycles. The number of hydrogen-bond acceptors (Lipinski definition) is 6. The minimum Gasteiger partial charge on any atom is -0.497 e. The highest BCUT2D eigenvalue weighted by molar-refractivity contribution is 6.06. The van der Waals surface area contributed by atoms with Crippen molar-refractivity contribution in [3.8, 4) is 5.75 Å². The maximum atomic E-state index is 15.0. The van der Waals surface area contributed by atoms with Gasteiger partial charge in [0.05, 0.1) is 37.2 Å². The van der Waals surface area contributed by atoms with E-state index in [9.17, 15) is 19.5 Å². The van der Waals surface area contributed by atoms with Crippen molar-refractivity contribution in [3.05, 3.63) is 120 Å². The van der Waals surface area contributed by atoms with E-state index in [2.05, 4.69) is 0 Å². The molecule has 0 aliphatic carbocycles. The molecule has 0 saturated carbocycles. The Bertz CT molecular complexity index is 1710. The highest BCUT2D eigenvalue weighted by Gasteiger charge is 2.75. The average molecular weight is 634 g/mol. The summed E-state index contributed by atoms with van der Waals surface area (Å²) >= 11 is 0. The second-order valence-corrected chi connectivity index (χ2v) is 12.9. The van der Waals surface area contributed by atoms with E-state index in [1.54, 1.807) is 29.0 Å². The highest BCUT2D eigenvalue weighted by atomic mass is 16.5. The van der Waals surface area contributed by atoms with Gasteiger partial charge in [-0.25, -0.2) is 0 Å². The van der Waals surface area contributed by atoms with Crippen molar-refractivity contribution >= 4 is 23.4 Å². The van der Waals surface area contributed by atoms with Crippen LogP contribution >= 0.6 is 0 Å². The summed E-state index contributed by atoms with van der Waals surface area (Å²) in [6.45, 7) is 2.48. The van der Waals surface area contributed by atoms with Gasteiger partial charge in [-0.3, -0.25) is 14.4 Å². The van der Waals surface area contributed by atoms with E-state index in [1.165, 1.54) is 4.90 Å². The van der Waals surface area contributed by atoms with Crippen LogP contribution in [0, 0.1) is 11.8 Å². The minimum absolute atomic E-state index is 0.196. The summed E-state index contributed by atoms with van der Waals surface area (Å²) in [5.41, 5.74) is -0.0371. The van der Waals surface area contributed by atoms with Gasteiger partial charge in [0, 0.05) is 25.3 Å². The van der Waals surface area contributed by atoms with Crippen molar-refractivity contribution in [2.75, 3.05) is 31.7 Å². The summed E-state index contributed by atoms with van der Waals surface area (Å²) in [6.07, 6.45) is 7.84. The summed E-state index contributed by atoms with van der Waals surface area (Å²) in [5.74, 6) is -2.10. The fourth-order valence-electron chi connectivity index (χ4n) is 7.98. The molecule has 2 fully saturated rings. The Morgan fingerprint density at radius 3 is 2.15 bits per heavy atom. The molecule has 4 aliphatic heterocycles. The molecule has 4 aliphatic rings. The lowest BCUT2D eigenvalue weighted by atomic mass is 9.74. The molecule has 3 aromatic carbocycles. The number of methoxy groups -OCH3 is 1. The molecule has 9 nitrogen and oxygen atoms in total. The molecule has 9 heteroatoms. The number of rotatable bonds is 8. The predicted octanol–water partition coefficient (Wildman–Crippen LogP) is 3.77. The molecule has 242 valence electrons. The number of carbonyl (C=O) groups excluding carboxylic acids is 3. The first-order chi connectivity index (χ1) is 22.8. The van der Waals surface area contributed by atoms with Gasteiger partial charge in [0.15, 0.2) is 0 Å². The summed E-state index contributed by atoms with van der Waals surface area (Å²) in [4.78, 5) is 49.4. The molecule has 7 rings (SSSR count). The Labute approximate surface area is 274 Å². The Balaban J connectivity index is 1.33. The van der Waals surface area contributed by atoms with E-state index in [0.717, 1.165) is 11.1 Å². The molecule has 3 amide bonds. The normalized spacial score (nSPS) is 28.9. The Kier molecular flexibility index (Phi) is 7.98. The highest BCUT2D eigenvalue weighted by Crippen LogP contribution is 2.58. The van der Waals surface area contributed by atoms with Gasteiger partial charge in [0.25, 0.3) is 5.91 Å². The van der Waals surface area contributed by atoms with Gasteiger partial charge in [-0.1, -0.05) is 85.0 Å². The number of likely N-dealkylation sites (tertiary alicyclic amines) is 1. The zero-order valence-electron chi connectivity index (χ0n) is 26.6. The van der Waals surface area contributed by atoms with E-state index in [4.69, 9.17) is 9.47 Å². The molecule has 6 atom stereocenters. The molecule has 1 unspecified atom stereocenters. The average Bonchev–Trinajstić information content (AvgIpc) is 3.37. The topological polar surface area (TPSA) is 99.6 Å². The molecule has 1 spiro atoms. The number of nitrogens with zero attached hydrogens (tertiary/aromatic N) is 3. The number of fused-ring (bicyclic) bond motifs is 2. The van der Waals surface area contributed by atoms with Crippen LogP contribution in [0.25, 0.3) is 0 Å². The number of carbonyl (C=O) groups is 3. The van der Waals surface area contributed by atoms with Gasteiger partial charge in [-0.15, -0.1) is 0 Å². The summed E-state index contributed by atoms with van der Waals surface area (Å²) in [5, 5.41) is 10.8. The van der Waals surface area contributed by atoms with E-state index >= 15 is 0 Å². The van der Waals surface area contributed by atoms with E-state index < -0.39 is 35.1 Å². The summed E-state index contributed by atoms with van der Waals surface area (Å²) < 4.78 is 12.3. The zero-order valence-corrected chi connectivity index (χ0v) is 26.6. The third-order valence-corrected chi connectivity index (χ3v) is 10.1. The SMILES string of the molecule is COc1ccc(N2CC=C[C@]34O[C@@]5(C)C=CCN(Cc6ccccc6)C(=O)[C@H]5[C@H]3C(=O)N([C@@H](CO)Cc3ccccc3)C4C2=O)cc1. The first-order valence-corrected chi connectivity index (χ1v) is 16.1. The van der Waals surface area contributed by atoms with Crippen molar-refractivity contribution < 1.29 is 29.0 Å². The summed E-state index contributed by atoms with van der Waals surface area (Å²) in [7, 11) is 1.58. The van der Waals surface area contributed by atoms with Gasteiger partial charge < -0.3 is 29.3 Å². The van der Waals surface area contributed by atoms with Crippen molar-refractivity contribution in [3.63, 3.8) is 0 Å². The number of anilines is 1. The monoisotopic (exact) mass is 633 g/mol. The Morgan fingerprint density at radius 1 is 0.830 bits per heavy atom. The predicted molar refractivity (Wildman–Crippen MR) is 176 cm³/mol. The van der Waals surface area contributed by atoms with Crippen LogP contribution in [0.3, 0.4) is 0 Å². The number of amides is 3. The minimum atomic E-state index is -1.44. The third kappa shape index (κ3) is 5.14. The first-order valence-electron chi connectivity index (χ1n) is 16.1. The van der Waals surface area contributed by atoms with E-state index in [0.29, 0.717) is 30.9 Å². The van der Waals surface area contributed by atoms with Crippen LogP contribution in [0.2, 0.25) is 0 Å². The maximum absolute atomic E-state index is 15.0. The fraction of sp³-hybridized carbons (Fsp3) is 0.342. The smallest absolute Gasteiger partial charge is 0.253 e. The molecule has 2 saturated heterocycles.